The van der Waals surface area contributed by atoms with E-state index in [-0.39, 0.29) is 5.69 Å². The number of nitro benzene ring substituents is 1. The summed E-state index contributed by atoms with van der Waals surface area (Å²) in [4.78, 5) is 12.6. The summed E-state index contributed by atoms with van der Waals surface area (Å²) in [5.74, 6) is 5.53. The molecule has 1 aromatic carbocycles. The highest BCUT2D eigenvalue weighted by atomic mass is 16.6. The van der Waals surface area contributed by atoms with E-state index in [1.165, 1.54) is 12.1 Å². The summed E-state index contributed by atoms with van der Waals surface area (Å²) in [7, 11) is 0. The lowest BCUT2D eigenvalue weighted by molar-refractivity contribution is -0.384. The van der Waals surface area contributed by atoms with E-state index < -0.39 is 4.92 Å². The molecule has 0 radical (unpaired) electrons. The molecule has 6 nitrogen and oxygen atoms in total. The topological polar surface area (TPSA) is 91.9 Å². The van der Waals surface area contributed by atoms with Gasteiger partial charge >= 0.3 is 0 Å². The number of azide groups is 1. The van der Waals surface area contributed by atoms with Crippen LogP contribution >= 0.6 is 0 Å². The molecule has 0 aliphatic rings. The Morgan fingerprint density at radius 2 is 2.38 bits per heavy atom. The Morgan fingerprint density at radius 3 is 3.06 bits per heavy atom. The Hall–Kier alpha value is -2.51. The van der Waals surface area contributed by atoms with Gasteiger partial charge in [0, 0.05) is 35.6 Å². The van der Waals surface area contributed by atoms with Crippen LogP contribution in [0.1, 0.15) is 12.0 Å². The third kappa shape index (κ3) is 3.70. The van der Waals surface area contributed by atoms with Crippen molar-refractivity contribution in [3.63, 3.8) is 0 Å². The molecule has 0 spiro atoms. The SMILES string of the molecule is [N-]=[N+]=NCCC#Cc1cccc([N+](=O)[O-])c1. The van der Waals surface area contributed by atoms with E-state index in [4.69, 9.17) is 5.53 Å². The third-order valence-electron chi connectivity index (χ3n) is 1.69. The highest BCUT2D eigenvalue weighted by Gasteiger charge is 2.03. The van der Waals surface area contributed by atoms with Crippen LogP contribution in [0.2, 0.25) is 0 Å². The first kappa shape index (κ1) is 11.6. The first-order chi connectivity index (χ1) is 7.74. The lowest BCUT2D eigenvalue weighted by Crippen LogP contribution is -1.87. The Bertz CT molecular complexity index is 495. The quantitative estimate of drug-likeness (QED) is 0.148. The Morgan fingerprint density at radius 1 is 1.56 bits per heavy atom. The number of nitrogens with zero attached hydrogens (tertiary/aromatic N) is 4. The maximum atomic E-state index is 10.5. The van der Waals surface area contributed by atoms with Gasteiger partial charge in [0.05, 0.1) is 4.92 Å². The number of hydrogen-bond donors (Lipinski definition) is 0. The molecule has 0 bridgehead atoms. The van der Waals surface area contributed by atoms with Crippen molar-refractivity contribution in [2.75, 3.05) is 6.54 Å². The van der Waals surface area contributed by atoms with E-state index >= 15 is 0 Å². The molecule has 0 aliphatic carbocycles. The minimum absolute atomic E-state index is 0.0156. The van der Waals surface area contributed by atoms with Gasteiger partial charge in [-0.25, -0.2) is 0 Å². The maximum Gasteiger partial charge on any atom is 0.270 e. The van der Waals surface area contributed by atoms with Crippen molar-refractivity contribution in [2.45, 2.75) is 6.42 Å². The molecule has 1 aromatic rings. The molecule has 80 valence electrons. The van der Waals surface area contributed by atoms with Gasteiger partial charge < -0.3 is 0 Å². The van der Waals surface area contributed by atoms with Crippen molar-refractivity contribution in [1.82, 2.24) is 0 Å². The van der Waals surface area contributed by atoms with Crippen LogP contribution < -0.4 is 0 Å². The van der Waals surface area contributed by atoms with Gasteiger partial charge in [-0.1, -0.05) is 23.0 Å². The van der Waals surface area contributed by atoms with Gasteiger partial charge in [-0.3, -0.25) is 10.1 Å². The van der Waals surface area contributed by atoms with Gasteiger partial charge in [0.25, 0.3) is 5.69 Å². The molecule has 0 N–H and O–H groups in total. The third-order valence-corrected chi connectivity index (χ3v) is 1.69. The van der Waals surface area contributed by atoms with Crippen molar-refractivity contribution in [3.05, 3.63) is 50.4 Å². The van der Waals surface area contributed by atoms with Crippen LogP contribution in [-0.4, -0.2) is 11.5 Å². The molecule has 6 heteroatoms. The Balaban J connectivity index is 2.69. The number of rotatable bonds is 3. The van der Waals surface area contributed by atoms with Crippen molar-refractivity contribution >= 4 is 5.69 Å². The van der Waals surface area contributed by atoms with Crippen molar-refractivity contribution in [3.8, 4) is 11.8 Å². The molecule has 0 saturated heterocycles. The molecule has 0 heterocycles. The van der Waals surface area contributed by atoms with Crippen LogP contribution in [0.15, 0.2) is 29.4 Å². The van der Waals surface area contributed by atoms with Gasteiger partial charge in [-0.05, 0) is 11.6 Å². The lowest BCUT2D eigenvalue weighted by atomic mass is 10.2. The molecular formula is C10H8N4O2. The second-order valence-electron chi connectivity index (χ2n) is 2.81. The van der Waals surface area contributed by atoms with Gasteiger partial charge in [-0.2, -0.15) is 0 Å². The van der Waals surface area contributed by atoms with E-state index in [0.717, 1.165) is 0 Å². The average Bonchev–Trinajstić information content (AvgIpc) is 2.29. The van der Waals surface area contributed by atoms with Gasteiger partial charge in [0.15, 0.2) is 0 Å². The molecule has 0 amide bonds. The predicted octanol–water partition coefficient (Wildman–Crippen LogP) is 2.65. The zero-order chi connectivity index (χ0) is 11.8. The number of benzene rings is 1. The van der Waals surface area contributed by atoms with Crippen molar-refractivity contribution in [2.24, 2.45) is 5.11 Å². The molecule has 16 heavy (non-hydrogen) atoms. The zero-order valence-electron chi connectivity index (χ0n) is 8.33. The van der Waals surface area contributed by atoms with Crippen LogP contribution in [0.3, 0.4) is 0 Å². The van der Waals surface area contributed by atoms with Crippen molar-refractivity contribution < 1.29 is 4.92 Å². The smallest absolute Gasteiger partial charge is 0.258 e. The Labute approximate surface area is 91.7 Å². The van der Waals surface area contributed by atoms with Gasteiger partial charge in [0.2, 0.25) is 0 Å². The minimum atomic E-state index is -0.467. The highest BCUT2D eigenvalue weighted by molar-refractivity contribution is 5.42. The van der Waals surface area contributed by atoms with Crippen molar-refractivity contribution in [1.29, 1.82) is 0 Å². The van der Waals surface area contributed by atoms with Crippen LogP contribution in [-0.2, 0) is 0 Å². The second-order valence-corrected chi connectivity index (χ2v) is 2.81. The molecule has 0 atom stereocenters. The molecule has 1 rings (SSSR count). The summed E-state index contributed by atoms with van der Waals surface area (Å²) < 4.78 is 0. The summed E-state index contributed by atoms with van der Waals surface area (Å²) >= 11 is 0. The average molecular weight is 216 g/mol. The zero-order valence-corrected chi connectivity index (χ0v) is 8.33. The molecule has 0 fully saturated rings. The monoisotopic (exact) mass is 216 g/mol. The normalized spacial score (nSPS) is 8.50. The summed E-state index contributed by atoms with van der Waals surface area (Å²) in [6.07, 6.45) is 0.437. The predicted molar refractivity (Wildman–Crippen MR) is 58.6 cm³/mol. The van der Waals surface area contributed by atoms with E-state index in [9.17, 15) is 10.1 Å². The minimum Gasteiger partial charge on any atom is -0.258 e. The number of non-ortho nitro benzene ring substituents is 1. The standard InChI is InChI=1S/C10H8N4O2/c11-13-12-7-2-1-4-9-5-3-6-10(8-9)14(15)16/h3,5-6,8H,2,7H2. The summed E-state index contributed by atoms with van der Waals surface area (Å²) in [5, 5.41) is 13.8. The fourth-order valence-electron chi connectivity index (χ4n) is 1.01. The van der Waals surface area contributed by atoms with Crippen LogP contribution in [0.25, 0.3) is 10.4 Å². The molecular weight excluding hydrogens is 208 g/mol. The largest absolute Gasteiger partial charge is 0.270 e. The first-order valence-corrected chi connectivity index (χ1v) is 4.48. The van der Waals surface area contributed by atoms with Gasteiger partial charge in [0.1, 0.15) is 0 Å². The van der Waals surface area contributed by atoms with Gasteiger partial charge in [-0.15, -0.1) is 0 Å². The van der Waals surface area contributed by atoms with Crippen LogP contribution in [0.5, 0.6) is 0 Å². The number of nitro groups is 1. The van der Waals surface area contributed by atoms with Crippen LogP contribution in [0.4, 0.5) is 5.69 Å². The summed E-state index contributed by atoms with van der Waals surface area (Å²) in [6.45, 7) is 0.304. The van der Waals surface area contributed by atoms with E-state index in [1.807, 2.05) is 0 Å². The lowest BCUT2D eigenvalue weighted by Gasteiger charge is -1.91. The summed E-state index contributed by atoms with van der Waals surface area (Å²) in [6, 6.07) is 6.08. The van der Waals surface area contributed by atoms with E-state index in [2.05, 4.69) is 21.9 Å². The highest BCUT2D eigenvalue weighted by Crippen LogP contribution is 2.11. The molecule has 0 saturated carbocycles. The molecule has 0 aliphatic heterocycles. The molecule has 0 unspecified atom stereocenters. The second kappa shape index (κ2) is 6.06. The molecule has 0 aromatic heterocycles. The fourth-order valence-corrected chi connectivity index (χ4v) is 1.01. The maximum absolute atomic E-state index is 10.5. The first-order valence-electron chi connectivity index (χ1n) is 4.48. The number of hydrogen-bond acceptors (Lipinski definition) is 3. The van der Waals surface area contributed by atoms with E-state index in [1.54, 1.807) is 12.1 Å². The van der Waals surface area contributed by atoms with Crippen LogP contribution in [0, 0.1) is 22.0 Å². The fraction of sp³-hybridized carbons (Fsp3) is 0.200. The Kier molecular flexibility index (Phi) is 4.38. The summed E-state index contributed by atoms with van der Waals surface area (Å²) in [5.41, 5.74) is 8.61. The van der Waals surface area contributed by atoms with E-state index in [0.29, 0.717) is 18.5 Å².